The van der Waals surface area contributed by atoms with Crippen molar-refractivity contribution in [3.8, 4) is 0 Å². The molecule has 100 valence electrons. The summed E-state index contributed by atoms with van der Waals surface area (Å²) >= 11 is 9.89. The van der Waals surface area contributed by atoms with Gasteiger partial charge in [0, 0.05) is 9.85 Å². The Morgan fingerprint density at radius 3 is 2.42 bits per heavy atom. The highest BCUT2D eigenvalue weighted by atomic mass is 79.9. The molecule has 0 N–H and O–H groups in total. The van der Waals surface area contributed by atoms with Crippen molar-refractivity contribution >= 4 is 27.5 Å². The van der Waals surface area contributed by atoms with E-state index >= 15 is 0 Å². The minimum absolute atomic E-state index is 0.195. The molecule has 0 aliphatic rings. The van der Waals surface area contributed by atoms with Crippen molar-refractivity contribution < 1.29 is 0 Å². The van der Waals surface area contributed by atoms with Crippen LogP contribution in [0.15, 0.2) is 53.0 Å². The molecule has 0 nitrogen and oxygen atoms in total. The van der Waals surface area contributed by atoms with Crippen LogP contribution in [0.1, 0.15) is 23.1 Å². The highest BCUT2D eigenvalue weighted by Crippen LogP contribution is 2.18. The van der Waals surface area contributed by atoms with Crippen molar-refractivity contribution in [2.45, 2.75) is 31.6 Å². The molecule has 0 bridgehead atoms. The molecule has 2 aromatic carbocycles. The predicted octanol–water partition coefficient (Wildman–Crippen LogP) is 5.54. The van der Waals surface area contributed by atoms with Gasteiger partial charge in [-0.15, -0.1) is 11.6 Å². The molecule has 2 heteroatoms. The van der Waals surface area contributed by atoms with Crippen LogP contribution < -0.4 is 0 Å². The van der Waals surface area contributed by atoms with Gasteiger partial charge in [0.05, 0.1) is 0 Å². The maximum atomic E-state index is 6.45. The molecule has 0 aliphatic carbocycles. The van der Waals surface area contributed by atoms with Crippen molar-refractivity contribution in [2.24, 2.45) is 0 Å². The lowest BCUT2D eigenvalue weighted by Gasteiger charge is -2.11. The van der Waals surface area contributed by atoms with Crippen LogP contribution in [0, 0.1) is 6.92 Å². The number of rotatable bonds is 5. The number of aryl methyl sites for hydroxylation is 2. The molecule has 0 radical (unpaired) electrons. The summed E-state index contributed by atoms with van der Waals surface area (Å²) < 4.78 is 1.11. The second-order valence-corrected chi connectivity index (χ2v) is 6.43. The fraction of sp³-hybridized carbons (Fsp3) is 0.294. The summed E-state index contributed by atoms with van der Waals surface area (Å²) in [6, 6.07) is 16.9. The second kappa shape index (κ2) is 7.12. The van der Waals surface area contributed by atoms with E-state index in [1.54, 1.807) is 0 Å². The summed E-state index contributed by atoms with van der Waals surface area (Å²) in [5.41, 5.74) is 4.06. The Labute approximate surface area is 128 Å². The van der Waals surface area contributed by atoms with E-state index in [-0.39, 0.29) is 5.38 Å². The van der Waals surface area contributed by atoms with E-state index in [0.29, 0.717) is 0 Å². The Bertz CT molecular complexity index is 519. The minimum Gasteiger partial charge on any atom is -0.123 e. The average molecular weight is 338 g/mol. The number of hydrogen-bond donors (Lipinski definition) is 0. The standard InChI is InChI=1S/C17H18BrCl/c1-13-4-2-3-5-15(13)8-11-17(19)12-14-6-9-16(18)10-7-14/h2-7,9-10,17H,8,11-12H2,1H3. The summed E-state index contributed by atoms with van der Waals surface area (Å²) in [7, 11) is 0. The molecule has 0 spiro atoms. The Balaban J connectivity index is 1.86. The first-order valence-electron chi connectivity index (χ1n) is 6.58. The van der Waals surface area contributed by atoms with Crippen molar-refractivity contribution in [2.75, 3.05) is 0 Å². The van der Waals surface area contributed by atoms with Crippen LogP contribution in [0.3, 0.4) is 0 Å². The van der Waals surface area contributed by atoms with Crippen LogP contribution in [-0.2, 0) is 12.8 Å². The van der Waals surface area contributed by atoms with Gasteiger partial charge in [-0.3, -0.25) is 0 Å². The van der Waals surface area contributed by atoms with E-state index in [2.05, 4.69) is 71.4 Å². The quantitative estimate of drug-likeness (QED) is 0.628. The third kappa shape index (κ3) is 4.67. The maximum Gasteiger partial charge on any atom is 0.0379 e. The number of benzene rings is 2. The van der Waals surface area contributed by atoms with E-state index in [0.717, 1.165) is 23.7 Å². The van der Waals surface area contributed by atoms with Crippen LogP contribution >= 0.6 is 27.5 Å². The fourth-order valence-corrected chi connectivity index (χ4v) is 2.73. The highest BCUT2D eigenvalue weighted by molar-refractivity contribution is 9.10. The number of hydrogen-bond acceptors (Lipinski definition) is 0. The molecule has 0 heterocycles. The molecule has 2 rings (SSSR count). The lowest BCUT2D eigenvalue weighted by atomic mass is 10.0. The Hall–Kier alpha value is -0.790. The molecule has 0 saturated heterocycles. The van der Waals surface area contributed by atoms with Crippen molar-refractivity contribution in [1.82, 2.24) is 0 Å². The van der Waals surface area contributed by atoms with Gasteiger partial charge < -0.3 is 0 Å². The second-order valence-electron chi connectivity index (χ2n) is 4.89. The summed E-state index contributed by atoms with van der Waals surface area (Å²) in [6.45, 7) is 2.16. The van der Waals surface area contributed by atoms with Crippen LogP contribution in [0.25, 0.3) is 0 Å². The van der Waals surface area contributed by atoms with Crippen LogP contribution in [0.5, 0.6) is 0 Å². The molecule has 0 aliphatic heterocycles. The number of halogens is 2. The van der Waals surface area contributed by atoms with Crippen molar-refractivity contribution in [1.29, 1.82) is 0 Å². The normalized spacial score (nSPS) is 12.4. The number of alkyl halides is 1. The van der Waals surface area contributed by atoms with Crippen molar-refractivity contribution in [3.63, 3.8) is 0 Å². The van der Waals surface area contributed by atoms with Gasteiger partial charge >= 0.3 is 0 Å². The van der Waals surface area contributed by atoms with Gasteiger partial charge in [-0.1, -0.05) is 52.3 Å². The van der Waals surface area contributed by atoms with Crippen LogP contribution in [-0.4, -0.2) is 5.38 Å². The van der Waals surface area contributed by atoms with E-state index in [9.17, 15) is 0 Å². The Morgan fingerprint density at radius 2 is 1.74 bits per heavy atom. The molecule has 0 aromatic heterocycles. The van der Waals surface area contributed by atoms with Gasteiger partial charge in [-0.05, 0) is 55.0 Å². The average Bonchev–Trinajstić information content (AvgIpc) is 2.40. The topological polar surface area (TPSA) is 0 Å². The molecular formula is C17H18BrCl. The zero-order valence-corrected chi connectivity index (χ0v) is 13.4. The molecule has 0 fully saturated rings. The lowest BCUT2D eigenvalue weighted by molar-refractivity contribution is 0.741. The minimum atomic E-state index is 0.195. The highest BCUT2D eigenvalue weighted by Gasteiger charge is 2.07. The van der Waals surface area contributed by atoms with Gasteiger partial charge in [-0.25, -0.2) is 0 Å². The first-order chi connectivity index (χ1) is 9.15. The largest absolute Gasteiger partial charge is 0.123 e. The van der Waals surface area contributed by atoms with E-state index in [4.69, 9.17) is 11.6 Å². The van der Waals surface area contributed by atoms with Crippen LogP contribution in [0.4, 0.5) is 0 Å². The van der Waals surface area contributed by atoms with Gasteiger partial charge in [0.25, 0.3) is 0 Å². The van der Waals surface area contributed by atoms with Gasteiger partial charge in [0.2, 0.25) is 0 Å². The van der Waals surface area contributed by atoms with Crippen LogP contribution in [0.2, 0.25) is 0 Å². The first kappa shape index (κ1) is 14.6. The van der Waals surface area contributed by atoms with Gasteiger partial charge in [0.15, 0.2) is 0 Å². The fourth-order valence-electron chi connectivity index (χ4n) is 2.18. The smallest absolute Gasteiger partial charge is 0.0379 e. The summed E-state index contributed by atoms with van der Waals surface area (Å²) in [5.74, 6) is 0. The molecule has 2 aromatic rings. The molecule has 1 atom stereocenters. The zero-order valence-electron chi connectivity index (χ0n) is 11.1. The monoisotopic (exact) mass is 336 g/mol. The van der Waals surface area contributed by atoms with Gasteiger partial charge in [0.1, 0.15) is 0 Å². The molecule has 0 amide bonds. The van der Waals surface area contributed by atoms with Gasteiger partial charge in [-0.2, -0.15) is 0 Å². The molecule has 1 unspecified atom stereocenters. The summed E-state index contributed by atoms with van der Waals surface area (Å²) in [5, 5.41) is 0.195. The third-order valence-electron chi connectivity index (χ3n) is 3.36. The molecule has 19 heavy (non-hydrogen) atoms. The first-order valence-corrected chi connectivity index (χ1v) is 7.81. The Morgan fingerprint density at radius 1 is 1.05 bits per heavy atom. The molecule has 0 saturated carbocycles. The SMILES string of the molecule is Cc1ccccc1CCC(Cl)Cc1ccc(Br)cc1. The predicted molar refractivity (Wildman–Crippen MR) is 87.0 cm³/mol. The lowest BCUT2D eigenvalue weighted by Crippen LogP contribution is -2.05. The maximum absolute atomic E-state index is 6.45. The van der Waals surface area contributed by atoms with Crippen molar-refractivity contribution in [3.05, 3.63) is 69.7 Å². The third-order valence-corrected chi connectivity index (χ3v) is 4.26. The van der Waals surface area contributed by atoms with E-state index < -0.39 is 0 Å². The molecular weight excluding hydrogens is 320 g/mol. The summed E-state index contributed by atoms with van der Waals surface area (Å²) in [6.07, 6.45) is 3.00. The Kier molecular flexibility index (Phi) is 5.47. The summed E-state index contributed by atoms with van der Waals surface area (Å²) in [4.78, 5) is 0. The zero-order chi connectivity index (χ0) is 13.7. The van der Waals surface area contributed by atoms with E-state index in [1.165, 1.54) is 16.7 Å². The van der Waals surface area contributed by atoms with E-state index in [1.807, 2.05) is 0 Å².